The van der Waals surface area contributed by atoms with Crippen LogP contribution in [-0.4, -0.2) is 36.5 Å². The summed E-state index contributed by atoms with van der Waals surface area (Å²) in [6.07, 6.45) is 3.79. The first-order valence-corrected chi connectivity index (χ1v) is 7.01. The van der Waals surface area contributed by atoms with Crippen LogP contribution in [0.25, 0.3) is 0 Å². The van der Waals surface area contributed by atoms with E-state index in [9.17, 15) is 5.11 Å². The Morgan fingerprint density at radius 3 is 2.41 bits per heavy atom. The van der Waals surface area contributed by atoms with Crippen molar-refractivity contribution < 1.29 is 9.84 Å². The predicted octanol–water partition coefficient (Wildman–Crippen LogP) is 2.19. The minimum Gasteiger partial charge on any atom is -0.394 e. The molecular weight excluding hydrogens is 214 g/mol. The second-order valence-electron chi connectivity index (χ2n) is 5.87. The maximum absolute atomic E-state index is 9.67. The lowest BCUT2D eigenvalue weighted by Crippen LogP contribution is -2.54. The summed E-state index contributed by atoms with van der Waals surface area (Å²) in [7, 11) is 0. The molecule has 1 fully saturated rings. The van der Waals surface area contributed by atoms with E-state index in [0.29, 0.717) is 18.4 Å². The molecule has 0 bridgehead atoms. The summed E-state index contributed by atoms with van der Waals surface area (Å²) in [4.78, 5) is 0. The van der Waals surface area contributed by atoms with Crippen molar-refractivity contribution in [1.29, 1.82) is 0 Å². The summed E-state index contributed by atoms with van der Waals surface area (Å²) in [5.74, 6) is 1.26. The van der Waals surface area contributed by atoms with E-state index < -0.39 is 0 Å². The van der Waals surface area contributed by atoms with E-state index in [4.69, 9.17) is 4.74 Å². The number of likely N-dealkylation sites (N-methyl/N-ethyl adjacent to an activating group) is 1. The third-order valence-electron chi connectivity index (χ3n) is 3.60. The van der Waals surface area contributed by atoms with E-state index in [1.54, 1.807) is 0 Å². The Labute approximate surface area is 106 Å². The van der Waals surface area contributed by atoms with Crippen molar-refractivity contribution >= 4 is 0 Å². The van der Waals surface area contributed by atoms with Gasteiger partial charge in [-0.3, -0.25) is 0 Å². The van der Waals surface area contributed by atoms with Gasteiger partial charge in [-0.1, -0.05) is 20.8 Å². The largest absolute Gasteiger partial charge is 0.394 e. The molecule has 2 unspecified atom stereocenters. The zero-order valence-corrected chi connectivity index (χ0v) is 11.8. The first kappa shape index (κ1) is 14.9. The quantitative estimate of drug-likeness (QED) is 0.652. The van der Waals surface area contributed by atoms with Gasteiger partial charge < -0.3 is 15.2 Å². The van der Waals surface area contributed by atoms with E-state index in [2.05, 4.69) is 33.0 Å². The molecule has 1 aliphatic rings. The van der Waals surface area contributed by atoms with Crippen LogP contribution in [0.2, 0.25) is 0 Å². The van der Waals surface area contributed by atoms with Gasteiger partial charge in [0.25, 0.3) is 0 Å². The van der Waals surface area contributed by atoms with Gasteiger partial charge >= 0.3 is 0 Å². The Kier molecular flexibility index (Phi) is 5.90. The summed E-state index contributed by atoms with van der Waals surface area (Å²) < 4.78 is 5.94. The normalized spacial score (nSPS) is 21.5. The van der Waals surface area contributed by atoms with Gasteiger partial charge in [-0.05, 0) is 44.6 Å². The molecule has 0 radical (unpaired) electrons. The van der Waals surface area contributed by atoms with Crippen molar-refractivity contribution in [3.05, 3.63) is 0 Å². The van der Waals surface area contributed by atoms with Gasteiger partial charge in [-0.15, -0.1) is 0 Å². The Hall–Kier alpha value is -0.120. The lowest BCUT2D eigenvalue weighted by atomic mass is 9.95. The predicted molar refractivity (Wildman–Crippen MR) is 71.1 cm³/mol. The molecule has 0 heterocycles. The molecule has 17 heavy (non-hydrogen) atoms. The lowest BCUT2D eigenvalue weighted by molar-refractivity contribution is -0.0174. The van der Waals surface area contributed by atoms with Crippen molar-refractivity contribution in [3.63, 3.8) is 0 Å². The summed E-state index contributed by atoms with van der Waals surface area (Å²) in [6.45, 7) is 10.3. The third kappa shape index (κ3) is 4.57. The second kappa shape index (κ2) is 6.72. The minimum atomic E-state index is -0.194. The standard InChI is InChI=1S/C14H29NO2/c1-5-15-14(9-16,13-6-7-13)10-17-12(4)8-11(2)3/h11-13,15-16H,5-10H2,1-4H3. The van der Waals surface area contributed by atoms with Crippen LogP contribution in [0.5, 0.6) is 0 Å². The Bertz CT molecular complexity index is 216. The zero-order chi connectivity index (χ0) is 12.9. The van der Waals surface area contributed by atoms with Crippen LogP contribution in [0.4, 0.5) is 0 Å². The van der Waals surface area contributed by atoms with E-state index in [0.717, 1.165) is 13.0 Å². The van der Waals surface area contributed by atoms with E-state index in [1.165, 1.54) is 12.8 Å². The summed E-state index contributed by atoms with van der Waals surface area (Å²) in [5.41, 5.74) is -0.194. The van der Waals surface area contributed by atoms with Gasteiger partial charge in [-0.2, -0.15) is 0 Å². The number of ether oxygens (including phenoxy) is 1. The first-order chi connectivity index (χ1) is 8.04. The Balaban J connectivity index is 2.43. The van der Waals surface area contributed by atoms with Crippen LogP contribution >= 0.6 is 0 Å². The Morgan fingerprint density at radius 2 is 2.00 bits per heavy atom. The topological polar surface area (TPSA) is 41.5 Å². The highest BCUT2D eigenvalue weighted by atomic mass is 16.5. The van der Waals surface area contributed by atoms with Crippen LogP contribution in [0, 0.1) is 11.8 Å². The second-order valence-corrected chi connectivity index (χ2v) is 5.87. The number of hydrogen-bond acceptors (Lipinski definition) is 3. The number of nitrogens with one attached hydrogen (secondary N) is 1. The van der Waals surface area contributed by atoms with Crippen LogP contribution in [-0.2, 0) is 4.74 Å². The molecule has 0 aromatic carbocycles. The maximum Gasteiger partial charge on any atom is 0.0679 e. The van der Waals surface area contributed by atoms with Crippen LogP contribution in [0.15, 0.2) is 0 Å². The highest BCUT2D eigenvalue weighted by Crippen LogP contribution is 2.40. The molecule has 102 valence electrons. The molecule has 0 aliphatic heterocycles. The van der Waals surface area contributed by atoms with Gasteiger partial charge in [0.2, 0.25) is 0 Å². The van der Waals surface area contributed by atoms with Crippen molar-refractivity contribution in [2.24, 2.45) is 11.8 Å². The first-order valence-electron chi connectivity index (χ1n) is 7.01. The number of aliphatic hydroxyl groups excluding tert-OH is 1. The average Bonchev–Trinajstić information content (AvgIpc) is 3.07. The van der Waals surface area contributed by atoms with Crippen molar-refractivity contribution in [2.75, 3.05) is 19.8 Å². The molecule has 1 aliphatic carbocycles. The molecule has 3 nitrogen and oxygen atoms in total. The lowest BCUT2D eigenvalue weighted by Gasteiger charge is -2.34. The molecule has 0 spiro atoms. The van der Waals surface area contributed by atoms with Crippen LogP contribution in [0.1, 0.15) is 47.0 Å². The summed E-state index contributed by atoms with van der Waals surface area (Å²) in [5, 5.41) is 13.1. The highest BCUT2D eigenvalue weighted by Gasteiger charge is 2.44. The number of aliphatic hydroxyl groups is 1. The van der Waals surface area contributed by atoms with Crippen molar-refractivity contribution in [1.82, 2.24) is 5.32 Å². The van der Waals surface area contributed by atoms with E-state index >= 15 is 0 Å². The molecular formula is C14H29NO2. The summed E-state index contributed by atoms with van der Waals surface area (Å²) in [6, 6.07) is 0. The number of hydrogen-bond donors (Lipinski definition) is 2. The Morgan fingerprint density at radius 1 is 1.35 bits per heavy atom. The van der Waals surface area contributed by atoms with Crippen LogP contribution < -0.4 is 5.32 Å². The third-order valence-corrected chi connectivity index (χ3v) is 3.60. The molecule has 3 heteroatoms. The SMILES string of the molecule is CCNC(CO)(COC(C)CC(C)C)C1CC1. The minimum absolute atomic E-state index is 0.180. The molecule has 0 aromatic heterocycles. The monoisotopic (exact) mass is 243 g/mol. The van der Waals surface area contributed by atoms with Crippen molar-refractivity contribution in [2.45, 2.75) is 58.6 Å². The molecule has 0 saturated heterocycles. The fourth-order valence-corrected chi connectivity index (χ4v) is 2.55. The van der Waals surface area contributed by atoms with Gasteiger partial charge in [-0.25, -0.2) is 0 Å². The van der Waals surface area contributed by atoms with Crippen molar-refractivity contribution in [3.8, 4) is 0 Å². The highest BCUT2D eigenvalue weighted by molar-refractivity contribution is 5.00. The fourth-order valence-electron chi connectivity index (χ4n) is 2.55. The molecule has 2 atom stereocenters. The number of rotatable bonds is 9. The van der Waals surface area contributed by atoms with Crippen LogP contribution in [0.3, 0.4) is 0 Å². The smallest absolute Gasteiger partial charge is 0.0679 e. The van der Waals surface area contributed by atoms with Gasteiger partial charge in [0.1, 0.15) is 0 Å². The van der Waals surface area contributed by atoms with Gasteiger partial charge in [0, 0.05) is 0 Å². The van der Waals surface area contributed by atoms with Gasteiger partial charge in [0.15, 0.2) is 0 Å². The summed E-state index contributed by atoms with van der Waals surface area (Å²) >= 11 is 0. The molecule has 0 amide bonds. The molecule has 0 aromatic rings. The molecule has 1 saturated carbocycles. The average molecular weight is 243 g/mol. The molecule has 2 N–H and O–H groups in total. The van der Waals surface area contributed by atoms with E-state index in [1.807, 2.05) is 0 Å². The zero-order valence-electron chi connectivity index (χ0n) is 11.8. The maximum atomic E-state index is 9.67. The van der Waals surface area contributed by atoms with E-state index in [-0.39, 0.29) is 18.2 Å². The van der Waals surface area contributed by atoms with Gasteiger partial charge in [0.05, 0.1) is 24.9 Å². The molecule has 1 rings (SSSR count). The fraction of sp³-hybridized carbons (Fsp3) is 1.00.